The fourth-order valence-electron chi connectivity index (χ4n) is 5.36. The summed E-state index contributed by atoms with van der Waals surface area (Å²) in [7, 11) is 0. The van der Waals surface area contributed by atoms with Crippen LogP contribution in [-0.4, -0.2) is 21.4 Å². The molecular formula is C29H32N4O. The Morgan fingerprint density at radius 3 is 2.15 bits per heavy atom. The molecular weight excluding hydrogens is 420 g/mol. The van der Waals surface area contributed by atoms with E-state index in [1.165, 1.54) is 25.7 Å². The molecule has 1 aromatic heterocycles. The van der Waals surface area contributed by atoms with Crippen molar-refractivity contribution in [2.24, 2.45) is 11.8 Å². The second-order valence-electron chi connectivity index (χ2n) is 10.6. The zero-order valence-corrected chi connectivity index (χ0v) is 19.7. The van der Waals surface area contributed by atoms with Gasteiger partial charge in [0.25, 0.3) is 0 Å². The first-order valence-electron chi connectivity index (χ1n) is 12.8. The maximum Gasteiger partial charge on any atom is 0.181 e. The van der Waals surface area contributed by atoms with Crippen molar-refractivity contribution in [1.82, 2.24) is 14.8 Å². The minimum Gasteiger partial charge on any atom is -0.367 e. The van der Waals surface area contributed by atoms with Gasteiger partial charge in [-0.25, -0.2) is 9.67 Å². The molecule has 0 saturated heterocycles. The lowest BCUT2D eigenvalue weighted by atomic mass is 9.65. The quantitative estimate of drug-likeness (QED) is 0.420. The summed E-state index contributed by atoms with van der Waals surface area (Å²) >= 11 is 0. The highest BCUT2D eigenvalue weighted by atomic mass is 16.5. The number of nitriles is 1. The van der Waals surface area contributed by atoms with Crippen molar-refractivity contribution >= 4 is 0 Å². The van der Waals surface area contributed by atoms with Crippen molar-refractivity contribution in [1.29, 1.82) is 5.26 Å². The van der Waals surface area contributed by atoms with Crippen LogP contribution in [0, 0.1) is 23.2 Å². The van der Waals surface area contributed by atoms with Gasteiger partial charge in [0.2, 0.25) is 0 Å². The Balaban J connectivity index is 1.37. The smallest absolute Gasteiger partial charge is 0.181 e. The number of aromatic nitrogens is 3. The lowest BCUT2D eigenvalue weighted by Crippen LogP contribution is -2.43. The molecule has 5 nitrogen and oxygen atoms in total. The predicted octanol–water partition coefficient (Wildman–Crippen LogP) is 6.01. The number of hydrogen-bond donors (Lipinski definition) is 0. The van der Waals surface area contributed by atoms with Crippen molar-refractivity contribution in [2.45, 2.75) is 68.9 Å². The van der Waals surface area contributed by atoms with E-state index in [0.29, 0.717) is 11.8 Å². The summed E-state index contributed by atoms with van der Waals surface area (Å²) in [4.78, 5) is 5.15. The Labute approximate surface area is 201 Å². The Bertz CT molecular complexity index is 1160. The molecule has 0 aliphatic heterocycles. The Morgan fingerprint density at radius 1 is 0.882 bits per heavy atom. The average molecular weight is 453 g/mol. The number of ether oxygens (including phenoxy) is 1. The van der Waals surface area contributed by atoms with Crippen LogP contribution in [0.4, 0.5) is 0 Å². The van der Waals surface area contributed by atoms with Crippen molar-refractivity contribution in [3.8, 4) is 17.5 Å². The molecule has 0 radical (unpaired) electrons. The molecule has 0 atom stereocenters. The molecule has 3 fully saturated rings. The van der Waals surface area contributed by atoms with Gasteiger partial charge in [-0.05, 0) is 68.8 Å². The summed E-state index contributed by atoms with van der Waals surface area (Å²) in [5.41, 5.74) is 1.23. The second-order valence-corrected chi connectivity index (χ2v) is 10.6. The van der Waals surface area contributed by atoms with E-state index >= 15 is 0 Å². The number of benzene rings is 2. The van der Waals surface area contributed by atoms with Gasteiger partial charge < -0.3 is 4.74 Å². The van der Waals surface area contributed by atoms with Gasteiger partial charge in [-0.1, -0.05) is 60.7 Å². The minimum absolute atomic E-state index is 0.461. The van der Waals surface area contributed by atoms with Gasteiger partial charge in [0, 0.05) is 12.1 Å². The van der Waals surface area contributed by atoms with Crippen LogP contribution in [0.3, 0.4) is 0 Å². The van der Waals surface area contributed by atoms with Gasteiger partial charge in [0.05, 0.1) is 18.1 Å². The zero-order chi connectivity index (χ0) is 23.0. The number of rotatable bonds is 8. The number of nitrogens with zero attached hydrogens (tertiary/aromatic N) is 4. The van der Waals surface area contributed by atoms with Crippen molar-refractivity contribution in [3.05, 3.63) is 72.1 Å². The maximum absolute atomic E-state index is 10.3. The van der Waals surface area contributed by atoms with Gasteiger partial charge in [0.15, 0.2) is 11.6 Å². The Kier molecular flexibility index (Phi) is 5.50. The molecule has 0 amide bonds. The van der Waals surface area contributed by atoms with Crippen molar-refractivity contribution in [3.63, 3.8) is 0 Å². The summed E-state index contributed by atoms with van der Waals surface area (Å²) in [6.45, 7) is 1.69. The van der Waals surface area contributed by atoms with E-state index in [0.717, 1.165) is 61.6 Å². The van der Waals surface area contributed by atoms with Crippen molar-refractivity contribution in [2.75, 3.05) is 6.61 Å². The highest BCUT2D eigenvalue weighted by Crippen LogP contribution is 2.50. The van der Waals surface area contributed by atoms with Crippen LogP contribution in [0.5, 0.6) is 0 Å². The highest BCUT2D eigenvalue weighted by molar-refractivity contribution is 5.54. The molecule has 3 aliphatic carbocycles. The van der Waals surface area contributed by atoms with E-state index in [4.69, 9.17) is 14.8 Å². The third-order valence-corrected chi connectivity index (χ3v) is 7.98. The van der Waals surface area contributed by atoms with Crippen LogP contribution in [0.15, 0.2) is 60.7 Å². The first kappa shape index (κ1) is 21.6. The molecule has 6 rings (SSSR count). The molecule has 3 saturated carbocycles. The van der Waals surface area contributed by atoms with Gasteiger partial charge in [-0.3, -0.25) is 0 Å². The SMILES string of the molecule is N#CC1(c2ccccc2)CCC(OCC2CC2)(c2nc(-c3ccccc3)nn2CC2CC2)CC1. The van der Waals surface area contributed by atoms with E-state index in [9.17, 15) is 5.26 Å². The predicted molar refractivity (Wildman–Crippen MR) is 131 cm³/mol. The summed E-state index contributed by atoms with van der Waals surface area (Å²) in [5.74, 6) is 3.11. The van der Waals surface area contributed by atoms with Crippen LogP contribution >= 0.6 is 0 Å². The Hall–Kier alpha value is -2.97. The third kappa shape index (κ3) is 4.16. The summed E-state index contributed by atoms with van der Waals surface area (Å²) < 4.78 is 8.96. The molecule has 1 heterocycles. The summed E-state index contributed by atoms with van der Waals surface area (Å²) in [5, 5.41) is 15.3. The lowest BCUT2D eigenvalue weighted by molar-refractivity contribution is -0.0965. The van der Waals surface area contributed by atoms with Crippen LogP contribution in [0.1, 0.15) is 62.8 Å². The highest BCUT2D eigenvalue weighted by Gasteiger charge is 2.49. The maximum atomic E-state index is 10.3. The Morgan fingerprint density at radius 2 is 1.53 bits per heavy atom. The van der Waals surface area contributed by atoms with Crippen LogP contribution in [0.2, 0.25) is 0 Å². The van der Waals surface area contributed by atoms with Crippen LogP contribution in [-0.2, 0) is 22.3 Å². The molecule has 0 N–H and O–H groups in total. The van der Waals surface area contributed by atoms with Crippen molar-refractivity contribution < 1.29 is 4.74 Å². The first-order valence-corrected chi connectivity index (χ1v) is 12.8. The largest absolute Gasteiger partial charge is 0.367 e. The second kappa shape index (κ2) is 8.67. The third-order valence-electron chi connectivity index (χ3n) is 7.98. The van der Waals surface area contributed by atoms with E-state index in [-0.39, 0.29) is 0 Å². The van der Waals surface area contributed by atoms with E-state index in [1.807, 2.05) is 36.4 Å². The van der Waals surface area contributed by atoms with Gasteiger partial charge >= 0.3 is 0 Å². The molecule has 0 spiro atoms. The average Bonchev–Trinajstić information content (AvgIpc) is 3.83. The molecule has 3 aromatic rings. The molecule has 174 valence electrons. The lowest BCUT2D eigenvalue weighted by Gasteiger charge is -2.43. The summed E-state index contributed by atoms with van der Waals surface area (Å²) in [6.07, 6.45) is 8.17. The van der Waals surface area contributed by atoms with E-state index in [1.54, 1.807) is 0 Å². The van der Waals surface area contributed by atoms with Gasteiger partial charge in [0.1, 0.15) is 5.60 Å². The number of hydrogen-bond acceptors (Lipinski definition) is 4. The normalized spacial score (nSPS) is 26.8. The van der Waals surface area contributed by atoms with E-state index in [2.05, 4.69) is 35.0 Å². The fourth-order valence-corrected chi connectivity index (χ4v) is 5.36. The van der Waals surface area contributed by atoms with Crippen LogP contribution < -0.4 is 0 Å². The molecule has 34 heavy (non-hydrogen) atoms. The van der Waals surface area contributed by atoms with Gasteiger partial charge in [-0.15, -0.1) is 0 Å². The molecule has 0 bridgehead atoms. The van der Waals surface area contributed by atoms with Gasteiger partial charge in [-0.2, -0.15) is 10.4 Å². The molecule has 2 aromatic carbocycles. The molecule has 0 unspecified atom stereocenters. The molecule has 3 aliphatic rings. The topological polar surface area (TPSA) is 63.7 Å². The monoisotopic (exact) mass is 452 g/mol. The first-order chi connectivity index (χ1) is 16.7. The standard InChI is InChI=1S/C29H32N4O/c30-21-28(25-9-5-2-6-10-25)15-17-29(18-16-28,34-20-23-13-14-23)27-31-26(24-7-3-1-4-8-24)32-33(27)19-22-11-12-22/h1-10,22-23H,11-20H2. The minimum atomic E-state index is -0.480. The zero-order valence-electron chi connectivity index (χ0n) is 19.7. The fraction of sp³-hybridized carbons (Fsp3) is 0.483. The van der Waals surface area contributed by atoms with Crippen LogP contribution in [0.25, 0.3) is 11.4 Å². The molecule has 5 heteroatoms. The summed E-state index contributed by atoms with van der Waals surface area (Å²) in [6, 6.07) is 23.3. The van der Waals surface area contributed by atoms with E-state index < -0.39 is 11.0 Å².